The highest BCUT2D eigenvalue weighted by Crippen LogP contribution is 2.66. The number of carbonyl (C=O) groups is 2. The lowest BCUT2D eigenvalue weighted by atomic mass is 9.46. The lowest BCUT2D eigenvalue weighted by molar-refractivity contribution is -0.895. The first-order valence-corrected chi connectivity index (χ1v) is 13.8. The average molecular weight is 470 g/mol. The summed E-state index contributed by atoms with van der Waals surface area (Å²) in [7, 11) is 4.46. The topological polar surface area (TPSA) is 55.7 Å². The SMILES string of the molecule is C/C(=N/OC(=O)C1CC[N+](C)(C)CC1)C1CCC2C3CCC4=CC(=O)CCC4(C)C3CCC12C. The Labute approximate surface area is 205 Å². The van der Waals surface area contributed by atoms with Gasteiger partial charge in [-0.15, -0.1) is 0 Å². The molecule has 5 heteroatoms. The Hall–Kier alpha value is -1.49. The molecule has 4 fully saturated rings. The van der Waals surface area contributed by atoms with Crippen LogP contribution in [0.1, 0.15) is 85.0 Å². The Morgan fingerprint density at radius 3 is 2.47 bits per heavy atom. The molecule has 0 bridgehead atoms. The Morgan fingerprint density at radius 2 is 1.74 bits per heavy atom. The van der Waals surface area contributed by atoms with Crippen LogP contribution < -0.4 is 0 Å². The van der Waals surface area contributed by atoms with Crippen LogP contribution in [0.4, 0.5) is 0 Å². The van der Waals surface area contributed by atoms with Gasteiger partial charge in [-0.05, 0) is 86.5 Å². The van der Waals surface area contributed by atoms with Gasteiger partial charge in [0.15, 0.2) is 5.78 Å². The van der Waals surface area contributed by atoms with Crippen molar-refractivity contribution in [1.29, 1.82) is 0 Å². The fourth-order valence-electron chi connectivity index (χ4n) is 9.00. The highest BCUT2D eigenvalue weighted by Gasteiger charge is 2.59. The number of hydrogen-bond donors (Lipinski definition) is 0. The molecule has 5 aliphatic rings. The van der Waals surface area contributed by atoms with E-state index in [0.717, 1.165) is 67.7 Å². The van der Waals surface area contributed by atoms with Gasteiger partial charge < -0.3 is 9.32 Å². The summed E-state index contributed by atoms with van der Waals surface area (Å²) in [5, 5.41) is 4.46. The van der Waals surface area contributed by atoms with Gasteiger partial charge in [0.25, 0.3) is 0 Å². The molecular formula is C29H45N2O3+. The average Bonchev–Trinajstić information content (AvgIpc) is 3.15. The van der Waals surface area contributed by atoms with Crippen LogP contribution >= 0.6 is 0 Å². The highest BCUT2D eigenvalue weighted by atomic mass is 16.7. The highest BCUT2D eigenvalue weighted by molar-refractivity contribution is 5.91. The molecule has 1 saturated heterocycles. The van der Waals surface area contributed by atoms with Crippen LogP contribution in [0.3, 0.4) is 0 Å². The standard InChI is InChI=1S/C29H45N2O3/c1-19(30-34-27(33)20-12-16-31(4,5)17-13-20)24-8-9-25-23-7-6-21-18-22(32)10-14-28(21,2)26(23)11-15-29(24,25)3/h18,20,23-26H,6-17H2,1-5H3/q+1/b30-19-. The third-order valence-electron chi connectivity index (χ3n) is 11.2. The van der Waals surface area contributed by atoms with Gasteiger partial charge in [-0.2, -0.15) is 0 Å². The van der Waals surface area contributed by atoms with E-state index in [-0.39, 0.29) is 22.7 Å². The number of carbonyl (C=O) groups excluding carboxylic acids is 2. The number of hydrogen-bond acceptors (Lipinski definition) is 4. The van der Waals surface area contributed by atoms with Gasteiger partial charge >= 0.3 is 5.97 Å². The molecule has 1 heterocycles. The first kappa shape index (κ1) is 24.2. The summed E-state index contributed by atoms with van der Waals surface area (Å²) >= 11 is 0. The van der Waals surface area contributed by atoms with Crippen LogP contribution in [0.5, 0.6) is 0 Å². The van der Waals surface area contributed by atoms with E-state index in [1.54, 1.807) is 0 Å². The van der Waals surface area contributed by atoms with E-state index in [0.29, 0.717) is 23.5 Å². The molecule has 0 spiro atoms. The Morgan fingerprint density at radius 1 is 1.00 bits per heavy atom. The van der Waals surface area contributed by atoms with Crippen LogP contribution in [-0.2, 0) is 14.4 Å². The first-order valence-electron chi connectivity index (χ1n) is 13.8. The van der Waals surface area contributed by atoms with Crippen molar-refractivity contribution in [3.8, 4) is 0 Å². The first-order chi connectivity index (χ1) is 16.0. The molecule has 0 aromatic carbocycles. The van der Waals surface area contributed by atoms with Crippen molar-refractivity contribution in [1.82, 2.24) is 0 Å². The smallest absolute Gasteiger partial charge is 0.328 e. The Balaban J connectivity index is 1.27. The zero-order valence-corrected chi connectivity index (χ0v) is 22.1. The van der Waals surface area contributed by atoms with Crippen LogP contribution in [0, 0.1) is 40.4 Å². The summed E-state index contributed by atoms with van der Waals surface area (Å²) in [6.45, 7) is 9.09. The molecule has 188 valence electrons. The summed E-state index contributed by atoms with van der Waals surface area (Å²) in [6, 6.07) is 0. The summed E-state index contributed by atoms with van der Waals surface area (Å²) in [6.07, 6.45) is 12.8. The van der Waals surface area contributed by atoms with E-state index in [1.165, 1.54) is 31.3 Å². The molecule has 0 aromatic heterocycles. The van der Waals surface area contributed by atoms with Crippen LogP contribution in [-0.4, -0.2) is 49.1 Å². The van der Waals surface area contributed by atoms with E-state index >= 15 is 0 Å². The molecule has 3 saturated carbocycles. The van der Waals surface area contributed by atoms with Gasteiger partial charge in [0.05, 0.1) is 38.8 Å². The van der Waals surface area contributed by atoms with Crippen molar-refractivity contribution in [3.63, 3.8) is 0 Å². The predicted octanol–water partition coefficient (Wildman–Crippen LogP) is 5.54. The second-order valence-electron chi connectivity index (χ2n) is 13.4. The van der Waals surface area contributed by atoms with Crippen LogP contribution in [0.15, 0.2) is 16.8 Å². The number of fused-ring (bicyclic) bond motifs is 5. The molecular weight excluding hydrogens is 424 g/mol. The number of nitrogens with zero attached hydrogens (tertiary/aromatic N) is 2. The maximum atomic E-state index is 12.7. The van der Waals surface area contributed by atoms with Crippen molar-refractivity contribution in [2.24, 2.45) is 45.6 Å². The van der Waals surface area contributed by atoms with Crippen molar-refractivity contribution in [2.75, 3.05) is 27.2 Å². The van der Waals surface area contributed by atoms with E-state index in [2.05, 4.69) is 40.0 Å². The van der Waals surface area contributed by atoms with Crippen LogP contribution in [0.2, 0.25) is 0 Å². The minimum Gasteiger partial charge on any atom is -0.328 e. The molecule has 34 heavy (non-hydrogen) atoms. The fraction of sp³-hybridized carbons (Fsp3) is 0.828. The van der Waals surface area contributed by atoms with E-state index in [4.69, 9.17) is 4.84 Å². The molecule has 0 aromatic rings. The largest absolute Gasteiger partial charge is 0.338 e. The minimum atomic E-state index is -0.131. The lowest BCUT2D eigenvalue weighted by Gasteiger charge is -2.58. The zero-order chi connectivity index (χ0) is 24.3. The zero-order valence-electron chi connectivity index (χ0n) is 22.1. The summed E-state index contributed by atoms with van der Waals surface area (Å²) in [5.74, 6) is 2.79. The second kappa shape index (κ2) is 8.57. The Kier molecular flexibility index (Phi) is 6.10. The third-order valence-corrected chi connectivity index (χ3v) is 11.2. The van der Waals surface area contributed by atoms with Crippen LogP contribution in [0.25, 0.3) is 0 Å². The number of allylic oxidation sites excluding steroid dienone is 1. The van der Waals surface area contributed by atoms with Crippen molar-refractivity contribution < 1.29 is 18.9 Å². The molecule has 4 aliphatic carbocycles. The minimum absolute atomic E-state index is 0.00217. The predicted molar refractivity (Wildman–Crippen MR) is 134 cm³/mol. The molecule has 0 amide bonds. The maximum absolute atomic E-state index is 12.7. The van der Waals surface area contributed by atoms with Crippen molar-refractivity contribution >= 4 is 17.5 Å². The van der Waals surface area contributed by atoms with Gasteiger partial charge in [-0.3, -0.25) is 4.79 Å². The molecule has 6 unspecified atom stereocenters. The van der Waals surface area contributed by atoms with Crippen molar-refractivity contribution in [2.45, 2.75) is 85.0 Å². The van der Waals surface area contributed by atoms with Gasteiger partial charge in [0.1, 0.15) is 0 Å². The normalized spacial score (nSPS) is 42.3. The van der Waals surface area contributed by atoms with E-state index in [1.807, 2.05) is 6.08 Å². The lowest BCUT2D eigenvalue weighted by Crippen LogP contribution is -2.51. The number of ketones is 1. The fourth-order valence-corrected chi connectivity index (χ4v) is 9.00. The van der Waals surface area contributed by atoms with Gasteiger partial charge in [-0.1, -0.05) is 24.6 Å². The Bertz CT molecular complexity index is 910. The third kappa shape index (κ3) is 4.00. The molecule has 0 N–H and O–H groups in total. The molecule has 5 rings (SSSR count). The molecule has 0 radical (unpaired) electrons. The van der Waals surface area contributed by atoms with Gasteiger partial charge in [0, 0.05) is 25.2 Å². The summed E-state index contributed by atoms with van der Waals surface area (Å²) in [5.41, 5.74) is 2.94. The second-order valence-corrected chi connectivity index (χ2v) is 13.4. The van der Waals surface area contributed by atoms with Gasteiger partial charge in [0.2, 0.25) is 0 Å². The molecule has 5 nitrogen and oxygen atoms in total. The van der Waals surface area contributed by atoms with Gasteiger partial charge in [-0.25, -0.2) is 4.79 Å². The number of oxime groups is 1. The quantitative estimate of drug-likeness (QED) is 0.236. The molecule has 1 aliphatic heterocycles. The number of piperidine rings is 1. The molecule has 6 atom stereocenters. The number of rotatable bonds is 3. The monoisotopic (exact) mass is 469 g/mol. The summed E-state index contributed by atoms with van der Waals surface area (Å²) < 4.78 is 0.989. The van der Waals surface area contributed by atoms with Crippen molar-refractivity contribution in [3.05, 3.63) is 11.6 Å². The summed E-state index contributed by atoms with van der Waals surface area (Å²) in [4.78, 5) is 30.3. The van der Waals surface area contributed by atoms with E-state index in [9.17, 15) is 9.59 Å². The number of likely N-dealkylation sites (tertiary alicyclic amines) is 1. The maximum Gasteiger partial charge on any atom is 0.338 e. The van der Waals surface area contributed by atoms with E-state index < -0.39 is 0 Å². The number of quaternary nitrogens is 1.